The average Bonchev–Trinajstić information content (AvgIpc) is 0.976. The summed E-state index contributed by atoms with van der Waals surface area (Å²) in [5, 5.41) is 46.5. The number of hydrogen-bond donors (Lipinski definition) is 4. The van der Waals surface area contributed by atoms with Gasteiger partial charge in [0.1, 0.15) is 57.6 Å². The second-order valence-electron chi connectivity index (χ2n) is 25.0. The topological polar surface area (TPSA) is 244 Å². The number of phenols is 3. The average molecular weight is 1300 g/mol. The van der Waals surface area contributed by atoms with E-state index in [0.717, 1.165) is 61.6 Å². The summed E-state index contributed by atoms with van der Waals surface area (Å²) >= 11 is 0. The van der Waals surface area contributed by atoms with E-state index in [1.165, 1.54) is 31.4 Å². The number of benzene rings is 8. The van der Waals surface area contributed by atoms with Gasteiger partial charge in [-0.15, -0.1) is 0 Å². The largest absolute Gasteiger partial charge is 0.507 e. The summed E-state index contributed by atoms with van der Waals surface area (Å²) in [6.07, 6.45) is 7.03. The van der Waals surface area contributed by atoms with Crippen molar-refractivity contribution >= 4 is 40.8 Å². The number of unbranched alkanes of at least 4 members (excludes halogenated alkanes) is 1. The van der Waals surface area contributed by atoms with Crippen molar-refractivity contribution < 1.29 is 68.1 Å². The van der Waals surface area contributed by atoms with E-state index in [0.29, 0.717) is 52.2 Å². The molecule has 3 atom stereocenters. The standard InChI is InChI=1S/C24H27NO2.C20H22O3.C16H22O3.C14H12O3.C7H6O3/c1-3-5-12-19(4-2)18-27-24(26)22(17-25)23(20-13-8-6-9-14-20)21-15-10-7-11-16-21;1-20(2,3)16-9-5-14(6-10-16)18(21)13-19(22)15-7-11-17(23-4)12-8-15;1-11-8-12(10-16(2,3)9-11)19-15(18)13-6-4-5-7-14(13)17;1-17-11-7-8-12(13(15)9-11)14(16)10-5-3-2-4-6-10;8-6-4-2-1-3-5(6)7(9)10/h6-11,13-16,19H,3-5,12,18H2,1-2H3;5-12H,13H2,1-4H3;4-7,11-12,17H,8-10H2,1-3H3;2-9,15H,1H3;1-4,8H,(H,9,10). The van der Waals surface area contributed by atoms with Gasteiger partial charge in [0.25, 0.3) is 0 Å². The molecule has 1 saturated carbocycles. The summed E-state index contributed by atoms with van der Waals surface area (Å²) in [5.74, 6) is -0.811. The van der Waals surface area contributed by atoms with E-state index in [2.05, 4.69) is 61.5 Å². The highest BCUT2D eigenvalue weighted by Gasteiger charge is 2.34. The number of ether oxygens (including phenoxy) is 4. The zero-order valence-corrected chi connectivity index (χ0v) is 56.5. The molecule has 9 rings (SSSR count). The Labute approximate surface area is 564 Å². The van der Waals surface area contributed by atoms with Crippen LogP contribution in [0.25, 0.3) is 5.57 Å². The molecule has 3 unspecified atom stereocenters. The summed E-state index contributed by atoms with van der Waals surface area (Å²) in [7, 11) is 3.08. The lowest BCUT2D eigenvalue weighted by molar-refractivity contribution is -0.140. The minimum atomic E-state index is -1.11. The van der Waals surface area contributed by atoms with Crippen LogP contribution in [0.1, 0.15) is 181 Å². The van der Waals surface area contributed by atoms with Crippen LogP contribution in [0, 0.1) is 28.6 Å². The predicted octanol–water partition coefficient (Wildman–Crippen LogP) is 17.7. The van der Waals surface area contributed by atoms with E-state index in [-0.39, 0.29) is 80.2 Å². The van der Waals surface area contributed by atoms with E-state index in [4.69, 9.17) is 29.2 Å². The Balaban J connectivity index is 0.000000223. The van der Waals surface area contributed by atoms with Crippen molar-refractivity contribution in [1.82, 2.24) is 0 Å². The Morgan fingerprint density at radius 2 is 1.06 bits per heavy atom. The fraction of sp³-hybridized carbons (Fsp3) is 0.296. The first-order chi connectivity index (χ1) is 45.8. The number of ketones is 3. The molecule has 0 heterocycles. The number of phenolic OH excluding ortho intramolecular Hbond substituents is 2. The van der Waals surface area contributed by atoms with Crippen molar-refractivity contribution in [1.29, 1.82) is 5.26 Å². The highest BCUT2D eigenvalue weighted by Crippen LogP contribution is 2.40. The quantitative estimate of drug-likeness (QED) is 0.0182. The van der Waals surface area contributed by atoms with Crippen LogP contribution in [0.3, 0.4) is 0 Å². The number of methoxy groups -OCH3 is 2. The van der Waals surface area contributed by atoms with Crippen LogP contribution in [-0.4, -0.2) is 82.6 Å². The van der Waals surface area contributed by atoms with Crippen molar-refractivity contribution in [3.63, 3.8) is 0 Å². The lowest BCUT2D eigenvalue weighted by Gasteiger charge is -2.38. The molecule has 0 saturated heterocycles. The molecule has 1 fully saturated rings. The maximum absolute atomic E-state index is 12.8. The minimum absolute atomic E-state index is 0.0179. The molecule has 502 valence electrons. The number of rotatable bonds is 20. The van der Waals surface area contributed by atoms with Gasteiger partial charge in [-0.2, -0.15) is 5.26 Å². The second kappa shape index (κ2) is 37.9. The number of carboxylic acids is 1. The van der Waals surface area contributed by atoms with Gasteiger partial charge in [0, 0.05) is 28.3 Å². The van der Waals surface area contributed by atoms with Crippen molar-refractivity contribution in [3.8, 4) is 34.8 Å². The van der Waals surface area contributed by atoms with Crippen molar-refractivity contribution in [3.05, 3.63) is 262 Å². The van der Waals surface area contributed by atoms with E-state index in [1.54, 1.807) is 110 Å². The zero-order chi connectivity index (χ0) is 70.4. The number of para-hydroxylation sites is 2. The second-order valence-corrected chi connectivity index (χ2v) is 25.0. The molecular weight excluding hydrogens is 1210 g/mol. The molecule has 1 aliphatic rings. The number of nitriles is 1. The van der Waals surface area contributed by atoms with Crippen LogP contribution in [-0.2, 0) is 19.7 Å². The fourth-order valence-corrected chi connectivity index (χ4v) is 10.8. The molecule has 96 heavy (non-hydrogen) atoms. The molecule has 4 N–H and O–H groups in total. The molecule has 0 spiro atoms. The SMILES string of the molecule is CC1CC(OC(=O)c2ccccc2O)CC(C)(C)C1.CCCCC(CC)COC(=O)C(C#N)=C(c1ccccc1)c1ccccc1.COc1ccc(C(=O)CC(=O)c2ccc(C(C)(C)C)cc2)cc1.COc1ccc(C(=O)c2ccccc2)c(O)c1.O=C(O)c1ccccc1O. The van der Waals surface area contributed by atoms with E-state index in [1.807, 2.05) is 78.9 Å². The van der Waals surface area contributed by atoms with Crippen LogP contribution in [0.2, 0.25) is 0 Å². The molecule has 0 aromatic heterocycles. The van der Waals surface area contributed by atoms with E-state index < -0.39 is 17.9 Å². The smallest absolute Gasteiger partial charge is 0.349 e. The number of aromatic carboxylic acids is 1. The zero-order valence-electron chi connectivity index (χ0n) is 56.5. The highest BCUT2D eigenvalue weighted by molar-refractivity contribution is 6.13. The molecule has 0 bridgehead atoms. The maximum atomic E-state index is 12.8. The van der Waals surface area contributed by atoms with Crippen molar-refractivity contribution in [2.45, 2.75) is 118 Å². The Hall–Kier alpha value is -10.6. The van der Waals surface area contributed by atoms with Gasteiger partial charge in [-0.3, -0.25) is 14.4 Å². The molecule has 15 nitrogen and oxygen atoms in total. The minimum Gasteiger partial charge on any atom is -0.507 e. The summed E-state index contributed by atoms with van der Waals surface area (Å²) in [6, 6.07) is 61.2. The van der Waals surface area contributed by atoms with Gasteiger partial charge in [-0.1, -0.05) is 214 Å². The Bertz CT molecular complexity index is 3840. The molecule has 0 radical (unpaired) electrons. The molecule has 8 aromatic rings. The maximum Gasteiger partial charge on any atom is 0.349 e. The number of carbonyl (C=O) groups excluding carboxylic acids is 5. The Morgan fingerprint density at radius 1 is 0.583 bits per heavy atom. The lowest BCUT2D eigenvalue weighted by atomic mass is 9.71. The molecular formula is C81H89NO14. The third kappa shape index (κ3) is 24.1. The van der Waals surface area contributed by atoms with Gasteiger partial charge in [-0.05, 0) is 126 Å². The third-order valence-corrected chi connectivity index (χ3v) is 15.9. The number of esters is 2. The van der Waals surface area contributed by atoms with Gasteiger partial charge in [0.05, 0.1) is 32.8 Å². The number of hydrogen-bond acceptors (Lipinski definition) is 14. The number of aromatic hydroxyl groups is 3. The summed E-state index contributed by atoms with van der Waals surface area (Å²) in [4.78, 5) is 71.6. The first kappa shape index (κ1) is 76.1. The van der Waals surface area contributed by atoms with Crippen LogP contribution in [0.15, 0.2) is 212 Å². The first-order valence-electron chi connectivity index (χ1n) is 32.0. The summed E-state index contributed by atoms with van der Waals surface area (Å²) < 4.78 is 21.1. The lowest BCUT2D eigenvalue weighted by Crippen LogP contribution is -2.34. The van der Waals surface area contributed by atoms with E-state index in [9.17, 15) is 44.2 Å². The van der Waals surface area contributed by atoms with Crippen LogP contribution in [0.4, 0.5) is 0 Å². The van der Waals surface area contributed by atoms with Gasteiger partial charge < -0.3 is 39.4 Å². The van der Waals surface area contributed by atoms with Gasteiger partial charge in [-0.25, -0.2) is 14.4 Å². The normalized spacial score (nSPS) is 13.7. The van der Waals surface area contributed by atoms with Crippen LogP contribution < -0.4 is 9.47 Å². The van der Waals surface area contributed by atoms with Crippen LogP contribution in [0.5, 0.6) is 28.7 Å². The monoisotopic (exact) mass is 1300 g/mol. The fourth-order valence-electron chi connectivity index (χ4n) is 10.8. The molecule has 15 heteroatoms. The number of nitrogens with zero attached hydrogens (tertiary/aromatic N) is 1. The Kier molecular flexibility index (Phi) is 30.1. The van der Waals surface area contributed by atoms with Crippen molar-refractivity contribution in [2.75, 3.05) is 20.8 Å². The van der Waals surface area contributed by atoms with Crippen molar-refractivity contribution in [2.24, 2.45) is 17.3 Å². The van der Waals surface area contributed by atoms with Gasteiger partial charge >= 0.3 is 17.9 Å². The van der Waals surface area contributed by atoms with Gasteiger partial charge in [0.2, 0.25) is 0 Å². The number of carbonyl (C=O) groups is 6. The predicted molar refractivity (Wildman–Crippen MR) is 374 cm³/mol. The number of carboxylic acid groups (broad SMARTS) is 1. The van der Waals surface area contributed by atoms with Crippen LogP contribution >= 0.6 is 0 Å². The summed E-state index contributed by atoms with van der Waals surface area (Å²) in [6.45, 7) is 17.6. The van der Waals surface area contributed by atoms with E-state index >= 15 is 0 Å². The molecule has 1 aliphatic carbocycles. The Morgan fingerprint density at radius 3 is 1.50 bits per heavy atom. The number of Topliss-reactive ketones (excluding diaryl/α,β-unsaturated/α-hetero) is 2. The molecule has 0 aliphatic heterocycles. The molecule has 8 aromatic carbocycles. The third-order valence-electron chi connectivity index (χ3n) is 15.9. The summed E-state index contributed by atoms with van der Waals surface area (Å²) in [5.41, 5.74) is 5.84. The van der Waals surface area contributed by atoms with Gasteiger partial charge in [0.15, 0.2) is 17.3 Å². The molecule has 0 amide bonds. The highest BCUT2D eigenvalue weighted by atomic mass is 16.5. The first-order valence-corrected chi connectivity index (χ1v) is 32.0.